The molecule has 1 aromatic heterocycles. The monoisotopic (exact) mass is 358 g/mol. The molecule has 0 aliphatic rings. The summed E-state index contributed by atoms with van der Waals surface area (Å²) in [5.41, 5.74) is 4.23. The van der Waals surface area contributed by atoms with Crippen molar-refractivity contribution in [1.82, 2.24) is 15.4 Å². The Bertz CT molecular complexity index is 885. The molecule has 0 aliphatic carbocycles. The maximum absolute atomic E-state index is 12.9. The Morgan fingerprint density at radius 1 is 1.12 bits per heavy atom. The van der Waals surface area contributed by atoms with Crippen LogP contribution in [0.25, 0.3) is 10.9 Å². The summed E-state index contributed by atoms with van der Waals surface area (Å²) in [4.78, 5) is 21.9. The van der Waals surface area contributed by atoms with Gasteiger partial charge < -0.3 is 0 Å². The highest BCUT2D eigenvalue weighted by atomic mass is 35.5. The van der Waals surface area contributed by atoms with Crippen molar-refractivity contribution in [3.63, 3.8) is 0 Å². The van der Waals surface area contributed by atoms with Crippen molar-refractivity contribution in [2.75, 3.05) is 18.3 Å². The maximum Gasteiger partial charge on any atom is 0.274 e. The van der Waals surface area contributed by atoms with Gasteiger partial charge in [0.15, 0.2) is 11.0 Å². The van der Waals surface area contributed by atoms with E-state index >= 15 is 0 Å². The van der Waals surface area contributed by atoms with Crippen LogP contribution >= 0.6 is 23.4 Å². The van der Waals surface area contributed by atoms with E-state index in [2.05, 4.69) is 15.4 Å². The highest BCUT2D eigenvalue weighted by molar-refractivity contribution is 7.98. The van der Waals surface area contributed by atoms with E-state index in [1.165, 1.54) is 16.8 Å². The van der Waals surface area contributed by atoms with E-state index < -0.39 is 0 Å². The molecule has 0 fully saturated rings. The molecule has 0 spiro atoms. The quantitative estimate of drug-likeness (QED) is 0.437. The zero-order chi connectivity index (χ0) is 17.1. The molecule has 5 nitrogen and oxygen atoms in total. The first-order valence-electron chi connectivity index (χ1n) is 7.22. The molecule has 0 aliphatic heterocycles. The van der Waals surface area contributed by atoms with Gasteiger partial charge in [-0.25, -0.2) is 20.4 Å². The number of benzene rings is 2. The topological polar surface area (TPSA) is 58.1 Å². The first-order valence-corrected chi connectivity index (χ1v) is 8.82. The second kappa shape index (κ2) is 7.17. The average molecular weight is 359 g/mol. The van der Waals surface area contributed by atoms with Crippen LogP contribution in [0.5, 0.6) is 0 Å². The normalized spacial score (nSPS) is 10.8. The number of carbonyl (C=O) groups excluding carboxylic acids is 1. The van der Waals surface area contributed by atoms with Crippen LogP contribution in [-0.4, -0.2) is 29.2 Å². The van der Waals surface area contributed by atoms with Crippen molar-refractivity contribution in [3.05, 3.63) is 59.1 Å². The molecule has 3 rings (SSSR count). The molecule has 1 heterocycles. The number of hydrazine groups is 1. The van der Waals surface area contributed by atoms with E-state index in [0.29, 0.717) is 21.6 Å². The Labute approximate surface area is 149 Å². The van der Waals surface area contributed by atoms with Gasteiger partial charge in [0.1, 0.15) is 0 Å². The molecule has 0 bridgehead atoms. The van der Waals surface area contributed by atoms with Crippen LogP contribution in [0.1, 0.15) is 10.4 Å². The second-order valence-corrected chi connectivity index (χ2v) is 6.13. The summed E-state index contributed by atoms with van der Waals surface area (Å²) in [6.45, 7) is 0. The Balaban J connectivity index is 2.12. The van der Waals surface area contributed by atoms with Crippen molar-refractivity contribution in [2.24, 2.45) is 0 Å². The number of nitrogens with zero attached hydrogens (tertiary/aromatic N) is 3. The second-order valence-electron chi connectivity index (χ2n) is 4.92. The van der Waals surface area contributed by atoms with Crippen LogP contribution in [0.3, 0.4) is 0 Å². The third-order valence-electron chi connectivity index (χ3n) is 3.47. The predicted molar refractivity (Wildman–Crippen MR) is 98.6 cm³/mol. The number of aromatic nitrogens is 2. The van der Waals surface area contributed by atoms with Gasteiger partial charge in [-0.15, -0.1) is 0 Å². The molecular formula is C17H15ClN4OS. The fourth-order valence-corrected chi connectivity index (χ4v) is 2.82. The zero-order valence-corrected chi connectivity index (χ0v) is 14.7. The summed E-state index contributed by atoms with van der Waals surface area (Å²) in [7, 11) is 1.68. The van der Waals surface area contributed by atoms with Gasteiger partial charge in [0, 0.05) is 23.0 Å². The molecule has 0 saturated carbocycles. The molecule has 24 heavy (non-hydrogen) atoms. The number of hydrogen-bond acceptors (Lipinski definition) is 5. The number of amides is 1. The largest absolute Gasteiger partial charge is 0.274 e. The smallest absolute Gasteiger partial charge is 0.267 e. The fraction of sp³-hybridized carbons (Fsp3) is 0.118. The molecular weight excluding hydrogens is 344 g/mol. The molecule has 0 saturated heterocycles. The number of carbonyl (C=O) groups is 1. The van der Waals surface area contributed by atoms with E-state index in [9.17, 15) is 4.79 Å². The van der Waals surface area contributed by atoms with E-state index in [1.54, 1.807) is 31.3 Å². The van der Waals surface area contributed by atoms with Gasteiger partial charge in [-0.1, -0.05) is 35.5 Å². The number of rotatable bonds is 4. The van der Waals surface area contributed by atoms with E-state index in [1.807, 2.05) is 30.5 Å². The maximum atomic E-state index is 12.9. The summed E-state index contributed by atoms with van der Waals surface area (Å²) < 4.78 is 0. The minimum Gasteiger partial charge on any atom is -0.267 e. The van der Waals surface area contributed by atoms with Crippen molar-refractivity contribution < 1.29 is 4.79 Å². The Hall–Kier alpha value is -2.15. The average Bonchev–Trinajstić information content (AvgIpc) is 2.62. The molecule has 0 unspecified atom stereocenters. The van der Waals surface area contributed by atoms with Crippen molar-refractivity contribution in [2.45, 2.75) is 5.16 Å². The number of fused-ring (bicyclic) bond motifs is 1. The van der Waals surface area contributed by atoms with Crippen molar-refractivity contribution in [3.8, 4) is 0 Å². The number of thioether (sulfide) groups is 1. The van der Waals surface area contributed by atoms with E-state index in [4.69, 9.17) is 11.6 Å². The third-order valence-corrected chi connectivity index (χ3v) is 4.27. The SMILES string of the molecule is CNN(C(=O)c1ccc(Cl)cc1)c1nc(SC)nc2ccccc12. The highest BCUT2D eigenvalue weighted by Crippen LogP contribution is 2.26. The lowest BCUT2D eigenvalue weighted by atomic mass is 10.2. The molecule has 2 aromatic carbocycles. The lowest BCUT2D eigenvalue weighted by molar-refractivity contribution is 0.0976. The van der Waals surface area contributed by atoms with Crippen LogP contribution in [0.4, 0.5) is 5.82 Å². The number of hydrogen-bond donors (Lipinski definition) is 1. The van der Waals surface area contributed by atoms with Crippen LogP contribution in [0.15, 0.2) is 53.7 Å². The van der Waals surface area contributed by atoms with Gasteiger partial charge >= 0.3 is 0 Å². The first-order chi connectivity index (χ1) is 11.6. The Kier molecular flexibility index (Phi) is 4.99. The Morgan fingerprint density at radius 3 is 2.50 bits per heavy atom. The number of para-hydroxylation sites is 1. The number of halogens is 1. The van der Waals surface area contributed by atoms with Crippen LogP contribution in [-0.2, 0) is 0 Å². The molecule has 0 radical (unpaired) electrons. The van der Waals surface area contributed by atoms with Crippen LogP contribution < -0.4 is 10.4 Å². The molecule has 1 amide bonds. The number of nitrogens with one attached hydrogen (secondary N) is 1. The lowest BCUT2D eigenvalue weighted by Crippen LogP contribution is -2.41. The van der Waals surface area contributed by atoms with Crippen molar-refractivity contribution >= 4 is 46.0 Å². The van der Waals surface area contributed by atoms with E-state index in [0.717, 1.165) is 10.9 Å². The molecule has 3 aromatic rings. The third kappa shape index (κ3) is 3.21. The van der Waals surface area contributed by atoms with Crippen LogP contribution in [0, 0.1) is 0 Å². The zero-order valence-electron chi connectivity index (χ0n) is 13.2. The fourth-order valence-electron chi connectivity index (χ4n) is 2.33. The van der Waals surface area contributed by atoms with Gasteiger partial charge in [-0.3, -0.25) is 4.79 Å². The summed E-state index contributed by atoms with van der Waals surface area (Å²) in [5, 5.41) is 3.41. The summed E-state index contributed by atoms with van der Waals surface area (Å²) in [6, 6.07) is 14.4. The molecule has 1 N–H and O–H groups in total. The number of anilines is 1. The Morgan fingerprint density at radius 2 is 1.83 bits per heavy atom. The molecule has 0 atom stereocenters. The minimum atomic E-state index is -0.218. The standard InChI is InChI=1S/C17H15ClN4OS/c1-19-22(16(23)11-7-9-12(18)10-8-11)15-13-5-3-4-6-14(13)20-17(21-15)24-2/h3-10,19H,1-2H3. The van der Waals surface area contributed by atoms with Gasteiger partial charge in [0.05, 0.1) is 5.52 Å². The van der Waals surface area contributed by atoms with Crippen molar-refractivity contribution in [1.29, 1.82) is 0 Å². The summed E-state index contributed by atoms with van der Waals surface area (Å²) in [6.07, 6.45) is 1.90. The van der Waals surface area contributed by atoms with Gasteiger partial charge in [0.25, 0.3) is 5.91 Å². The predicted octanol–water partition coefficient (Wildman–Crippen LogP) is 3.79. The van der Waals surface area contributed by atoms with E-state index in [-0.39, 0.29) is 5.91 Å². The highest BCUT2D eigenvalue weighted by Gasteiger charge is 2.21. The van der Waals surface area contributed by atoms with Gasteiger partial charge in [0.2, 0.25) is 0 Å². The summed E-state index contributed by atoms with van der Waals surface area (Å²) in [5.74, 6) is 0.303. The first kappa shape index (κ1) is 16.7. The molecule has 7 heteroatoms. The molecule has 122 valence electrons. The van der Waals surface area contributed by atoms with Gasteiger partial charge in [-0.05, 0) is 42.7 Å². The minimum absolute atomic E-state index is 0.218. The lowest BCUT2D eigenvalue weighted by Gasteiger charge is -2.22. The van der Waals surface area contributed by atoms with Crippen LogP contribution in [0.2, 0.25) is 5.02 Å². The summed E-state index contributed by atoms with van der Waals surface area (Å²) >= 11 is 7.33. The van der Waals surface area contributed by atoms with Gasteiger partial charge in [-0.2, -0.15) is 0 Å².